The molecule has 1 aliphatic carbocycles. The van der Waals surface area contributed by atoms with Crippen molar-refractivity contribution < 1.29 is 4.79 Å². The van der Waals surface area contributed by atoms with E-state index in [1.54, 1.807) is 0 Å². The molecule has 0 saturated heterocycles. The van der Waals surface area contributed by atoms with Crippen LogP contribution >= 0.6 is 0 Å². The van der Waals surface area contributed by atoms with Crippen LogP contribution in [0.2, 0.25) is 0 Å². The molecule has 0 aliphatic heterocycles. The first-order valence-corrected chi connectivity index (χ1v) is 7.39. The van der Waals surface area contributed by atoms with Gasteiger partial charge in [0, 0.05) is 6.42 Å². The lowest BCUT2D eigenvalue weighted by atomic mass is 9.52. The molecule has 1 saturated carbocycles. The molecule has 0 spiro atoms. The van der Waals surface area contributed by atoms with Gasteiger partial charge < -0.3 is 4.79 Å². The highest BCUT2D eigenvalue weighted by Gasteiger charge is 2.47. The average Bonchev–Trinajstić information content (AvgIpc) is 2.44. The number of benzene rings is 1. The molecule has 0 N–H and O–H groups in total. The second kappa shape index (κ2) is 6.21. The quantitative estimate of drug-likeness (QED) is 0.548. The monoisotopic (exact) mass is 268 g/mol. The molecular weight excluding hydrogens is 244 g/mol. The number of carbonyl (C=O) groups is 1. The maximum absolute atomic E-state index is 10.7. The number of hydrogen-bond donors (Lipinski definition) is 0. The van der Waals surface area contributed by atoms with Crippen molar-refractivity contribution in [3.63, 3.8) is 0 Å². The molecule has 2 atom stereocenters. The Morgan fingerprint density at radius 2 is 2.00 bits per heavy atom. The maximum Gasteiger partial charge on any atom is 0.120 e. The smallest absolute Gasteiger partial charge is 0.120 e. The lowest BCUT2D eigenvalue weighted by molar-refractivity contribution is -0.112. The van der Waals surface area contributed by atoms with Gasteiger partial charge in [0.15, 0.2) is 0 Å². The molecule has 1 aromatic carbocycles. The van der Waals surface area contributed by atoms with Crippen LogP contribution in [0.25, 0.3) is 6.08 Å². The second-order valence-electron chi connectivity index (χ2n) is 6.39. The molecule has 0 radical (unpaired) electrons. The van der Waals surface area contributed by atoms with Gasteiger partial charge in [-0.15, -0.1) is 0 Å². The lowest BCUT2D eigenvalue weighted by Gasteiger charge is -2.52. The first-order chi connectivity index (χ1) is 9.55. The van der Waals surface area contributed by atoms with Crippen LogP contribution in [-0.2, 0) is 4.79 Å². The van der Waals surface area contributed by atoms with Gasteiger partial charge in [0.1, 0.15) is 6.29 Å². The molecule has 1 aromatic rings. The van der Waals surface area contributed by atoms with Gasteiger partial charge in [-0.2, -0.15) is 0 Å². The molecular formula is C19H24O. The molecule has 20 heavy (non-hydrogen) atoms. The SMILES string of the molecule is C/C(=C\C=C\c1ccccc1)[C@H]1C[C@@H](CC=O)C1(C)C. The first-order valence-electron chi connectivity index (χ1n) is 7.39. The van der Waals surface area contributed by atoms with Crippen LogP contribution in [0, 0.1) is 17.3 Å². The second-order valence-corrected chi connectivity index (χ2v) is 6.39. The van der Waals surface area contributed by atoms with Crippen molar-refractivity contribution in [2.45, 2.75) is 33.6 Å². The van der Waals surface area contributed by atoms with Gasteiger partial charge in [-0.3, -0.25) is 0 Å². The highest BCUT2D eigenvalue weighted by atomic mass is 16.1. The summed E-state index contributed by atoms with van der Waals surface area (Å²) in [6.45, 7) is 6.78. The summed E-state index contributed by atoms with van der Waals surface area (Å²) >= 11 is 0. The summed E-state index contributed by atoms with van der Waals surface area (Å²) in [6.07, 6.45) is 9.41. The van der Waals surface area contributed by atoms with E-state index in [0.29, 0.717) is 18.3 Å². The Hall–Kier alpha value is -1.63. The fraction of sp³-hybridized carbons (Fsp3) is 0.421. The van der Waals surface area contributed by atoms with Crippen LogP contribution in [0.1, 0.15) is 39.2 Å². The minimum absolute atomic E-state index is 0.252. The Balaban J connectivity index is 1.98. The number of carbonyl (C=O) groups excluding carboxylic acids is 1. The number of rotatable bonds is 5. The normalized spacial score (nSPS) is 25.4. The van der Waals surface area contributed by atoms with Gasteiger partial charge in [-0.1, -0.05) is 68.0 Å². The van der Waals surface area contributed by atoms with Crippen molar-refractivity contribution in [3.8, 4) is 0 Å². The van der Waals surface area contributed by atoms with Crippen LogP contribution in [0.15, 0.2) is 48.1 Å². The highest BCUT2D eigenvalue weighted by Crippen LogP contribution is 2.55. The molecule has 106 valence electrons. The summed E-state index contributed by atoms with van der Waals surface area (Å²) in [5, 5.41) is 0. The average molecular weight is 268 g/mol. The number of allylic oxidation sites excluding steroid dienone is 3. The molecule has 1 nitrogen and oxygen atoms in total. The van der Waals surface area contributed by atoms with Crippen molar-refractivity contribution in [1.29, 1.82) is 0 Å². The summed E-state index contributed by atoms with van der Waals surface area (Å²) < 4.78 is 0. The van der Waals surface area contributed by atoms with Crippen molar-refractivity contribution in [3.05, 3.63) is 53.6 Å². The van der Waals surface area contributed by atoms with Gasteiger partial charge in [0.2, 0.25) is 0 Å². The van der Waals surface area contributed by atoms with Gasteiger partial charge >= 0.3 is 0 Å². The van der Waals surface area contributed by atoms with Crippen LogP contribution in [-0.4, -0.2) is 6.29 Å². The maximum atomic E-state index is 10.7. The van der Waals surface area contributed by atoms with Gasteiger partial charge in [0.25, 0.3) is 0 Å². The number of hydrogen-bond acceptors (Lipinski definition) is 1. The zero-order valence-corrected chi connectivity index (χ0v) is 12.7. The van der Waals surface area contributed by atoms with E-state index < -0.39 is 0 Å². The molecule has 0 amide bonds. The van der Waals surface area contributed by atoms with E-state index in [-0.39, 0.29) is 5.41 Å². The van der Waals surface area contributed by atoms with E-state index in [4.69, 9.17) is 0 Å². The summed E-state index contributed by atoms with van der Waals surface area (Å²) in [4.78, 5) is 10.7. The summed E-state index contributed by atoms with van der Waals surface area (Å²) in [7, 11) is 0. The molecule has 2 rings (SSSR count). The highest BCUT2D eigenvalue weighted by molar-refractivity contribution is 5.52. The summed E-state index contributed by atoms with van der Waals surface area (Å²) in [6, 6.07) is 10.3. The molecule has 1 heteroatoms. The molecule has 0 bridgehead atoms. The third-order valence-electron chi connectivity index (χ3n) is 4.85. The Kier molecular flexibility index (Phi) is 4.59. The predicted octanol–water partition coefficient (Wildman–Crippen LogP) is 4.90. The van der Waals surface area contributed by atoms with Crippen LogP contribution in [0.4, 0.5) is 0 Å². The third kappa shape index (κ3) is 3.09. The molecule has 0 aromatic heterocycles. The Morgan fingerprint density at radius 1 is 1.30 bits per heavy atom. The topological polar surface area (TPSA) is 17.1 Å². The van der Waals surface area contributed by atoms with Crippen LogP contribution < -0.4 is 0 Å². The van der Waals surface area contributed by atoms with Crippen molar-refractivity contribution in [2.75, 3.05) is 0 Å². The predicted molar refractivity (Wildman–Crippen MR) is 85.3 cm³/mol. The first kappa shape index (κ1) is 14.8. The van der Waals surface area contributed by atoms with Crippen LogP contribution in [0.3, 0.4) is 0 Å². The Labute approximate surface area is 122 Å². The lowest BCUT2D eigenvalue weighted by Crippen LogP contribution is -2.45. The standard InChI is InChI=1S/C19H24O/c1-15(8-7-11-16-9-5-4-6-10-16)18-14-17(12-13-20)19(18,2)3/h4-11,13,17-18H,12,14H2,1-3H3/b11-7+,15-8+/t17-,18-/m1/s1. The Morgan fingerprint density at radius 3 is 2.60 bits per heavy atom. The molecule has 0 heterocycles. The summed E-state index contributed by atoms with van der Waals surface area (Å²) in [5.41, 5.74) is 2.90. The van der Waals surface area contributed by atoms with Crippen molar-refractivity contribution >= 4 is 12.4 Å². The molecule has 1 fully saturated rings. The zero-order chi connectivity index (χ0) is 14.6. The van der Waals surface area contributed by atoms with Gasteiger partial charge in [0.05, 0.1) is 0 Å². The minimum atomic E-state index is 0.252. The summed E-state index contributed by atoms with van der Waals surface area (Å²) in [5.74, 6) is 1.15. The minimum Gasteiger partial charge on any atom is -0.303 e. The fourth-order valence-electron chi connectivity index (χ4n) is 3.30. The zero-order valence-electron chi connectivity index (χ0n) is 12.7. The van der Waals surface area contributed by atoms with E-state index in [1.807, 2.05) is 6.07 Å². The van der Waals surface area contributed by atoms with E-state index >= 15 is 0 Å². The van der Waals surface area contributed by atoms with Gasteiger partial charge in [-0.05, 0) is 36.2 Å². The Bertz CT molecular complexity index is 508. The fourth-order valence-corrected chi connectivity index (χ4v) is 3.30. The van der Waals surface area contributed by atoms with Crippen molar-refractivity contribution in [1.82, 2.24) is 0 Å². The van der Waals surface area contributed by atoms with Crippen LogP contribution in [0.5, 0.6) is 0 Å². The van der Waals surface area contributed by atoms with Crippen molar-refractivity contribution in [2.24, 2.45) is 17.3 Å². The van der Waals surface area contributed by atoms with E-state index in [9.17, 15) is 4.79 Å². The molecule has 0 unspecified atom stereocenters. The largest absolute Gasteiger partial charge is 0.303 e. The molecule has 1 aliphatic rings. The van der Waals surface area contributed by atoms with E-state index in [1.165, 1.54) is 11.1 Å². The van der Waals surface area contributed by atoms with Gasteiger partial charge in [-0.25, -0.2) is 0 Å². The van der Waals surface area contributed by atoms with E-state index in [0.717, 1.165) is 12.7 Å². The number of aldehydes is 1. The third-order valence-corrected chi connectivity index (χ3v) is 4.85. The van der Waals surface area contributed by atoms with E-state index in [2.05, 4.69) is 63.3 Å².